The van der Waals surface area contributed by atoms with Crippen molar-refractivity contribution in [3.05, 3.63) is 23.9 Å². The molecule has 2 rings (SSSR count). The molecule has 1 aliphatic carbocycles. The SMILES string of the molecule is ClCc1ccc(OC2CCCCCC2)nc1. The van der Waals surface area contributed by atoms with Crippen LogP contribution in [0.15, 0.2) is 18.3 Å². The molecule has 1 aromatic heterocycles. The minimum absolute atomic E-state index is 0.358. The van der Waals surface area contributed by atoms with E-state index in [1.165, 1.54) is 38.5 Å². The van der Waals surface area contributed by atoms with Gasteiger partial charge in [0.25, 0.3) is 0 Å². The summed E-state index contributed by atoms with van der Waals surface area (Å²) in [6.45, 7) is 0. The molecule has 1 aliphatic rings. The second kappa shape index (κ2) is 6.09. The number of alkyl halides is 1. The minimum atomic E-state index is 0.358. The Morgan fingerprint density at radius 3 is 2.50 bits per heavy atom. The van der Waals surface area contributed by atoms with Gasteiger partial charge in [-0.2, -0.15) is 0 Å². The molecule has 0 unspecified atom stereocenters. The van der Waals surface area contributed by atoms with E-state index < -0.39 is 0 Å². The molecule has 1 saturated carbocycles. The average Bonchev–Trinajstić information content (AvgIpc) is 2.59. The van der Waals surface area contributed by atoms with Crippen LogP contribution in [-0.4, -0.2) is 11.1 Å². The number of pyridine rings is 1. The second-order valence-corrected chi connectivity index (χ2v) is 4.64. The molecule has 0 radical (unpaired) electrons. The van der Waals surface area contributed by atoms with Crippen LogP contribution in [0.1, 0.15) is 44.1 Å². The predicted molar refractivity (Wildman–Crippen MR) is 65.9 cm³/mol. The van der Waals surface area contributed by atoms with Crippen molar-refractivity contribution < 1.29 is 4.74 Å². The van der Waals surface area contributed by atoms with Crippen LogP contribution in [0.2, 0.25) is 0 Å². The number of nitrogens with zero attached hydrogens (tertiary/aromatic N) is 1. The highest BCUT2D eigenvalue weighted by Crippen LogP contribution is 2.21. The normalized spacial score (nSPS) is 18.1. The molecule has 2 nitrogen and oxygen atoms in total. The third-order valence-electron chi connectivity index (χ3n) is 3.04. The van der Waals surface area contributed by atoms with Gasteiger partial charge in [-0.05, 0) is 31.2 Å². The largest absolute Gasteiger partial charge is 0.474 e. The van der Waals surface area contributed by atoms with Crippen molar-refractivity contribution in [1.29, 1.82) is 0 Å². The fraction of sp³-hybridized carbons (Fsp3) is 0.615. The summed E-state index contributed by atoms with van der Waals surface area (Å²) in [5.74, 6) is 1.25. The van der Waals surface area contributed by atoms with Crippen molar-refractivity contribution in [2.24, 2.45) is 0 Å². The van der Waals surface area contributed by atoms with Crippen molar-refractivity contribution >= 4 is 11.6 Å². The molecule has 3 heteroatoms. The first-order chi connectivity index (χ1) is 7.88. The van der Waals surface area contributed by atoms with E-state index in [-0.39, 0.29) is 0 Å². The number of aromatic nitrogens is 1. The minimum Gasteiger partial charge on any atom is -0.474 e. The molecule has 0 amide bonds. The molecule has 1 aromatic rings. The molecule has 16 heavy (non-hydrogen) atoms. The smallest absolute Gasteiger partial charge is 0.213 e. The van der Waals surface area contributed by atoms with Crippen molar-refractivity contribution in [1.82, 2.24) is 4.98 Å². The first-order valence-corrected chi connectivity index (χ1v) is 6.59. The molecule has 0 spiro atoms. The molecular weight excluding hydrogens is 222 g/mol. The van der Waals surface area contributed by atoms with Gasteiger partial charge in [-0.15, -0.1) is 11.6 Å². The summed E-state index contributed by atoms with van der Waals surface area (Å²) < 4.78 is 5.88. The lowest BCUT2D eigenvalue weighted by atomic mass is 10.1. The van der Waals surface area contributed by atoms with Gasteiger partial charge in [-0.1, -0.05) is 18.9 Å². The number of halogens is 1. The van der Waals surface area contributed by atoms with Gasteiger partial charge in [0.2, 0.25) is 5.88 Å². The van der Waals surface area contributed by atoms with Crippen LogP contribution in [0, 0.1) is 0 Å². The Balaban J connectivity index is 1.91. The highest BCUT2D eigenvalue weighted by molar-refractivity contribution is 6.17. The molecule has 1 fully saturated rings. The lowest BCUT2D eigenvalue weighted by Crippen LogP contribution is -2.15. The van der Waals surface area contributed by atoms with Crippen LogP contribution in [-0.2, 0) is 5.88 Å². The Kier molecular flexibility index (Phi) is 4.46. The quantitative estimate of drug-likeness (QED) is 0.589. The van der Waals surface area contributed by atoms with Gasteiger partial charge < -0.3 is 4.74 Å². The Morgan fingerprint density at radius 1 is 1.19 bits per heavy atom. The fourth-order valence-corrected chi connectivity index (χ4v) is 2.25. The molecule has 88 valence electrons. The van der Waals surface area contributed by atoms with E-state index in [2.05, 4.69) is 4.98 Å². The fourth-order valence-electron chi connectivity index (χ4n) is 2.09. The Morgan fingerprint density at radius 2 is 1.94 bits per heavy atom. The van der Waals surface area contributed by atoms with Crippen molar-refractivity contribution in [2.45, 2.75) is 50.5 Å². The molecule has 0 aliphatic heterocycles. The van der Waals surface area contributed by atoms with Gasteiger partial charge in [-0.25, -0.2) is 4.98 Å². The number of rotatable bonds is 3. The van der Waals surface area contributed by atoms with Gasteiger partial charge in [0.15, 0.2) is 0 Å². The van der Waals surface area contributed by atoms with Gasteiger partial charge in [0.05, 0.1) is 0 Å². The van der Waals surface area contributed by atoms with E-state index in [1.54, 1.807) is 6.20 Å². The van der Waals surface area contributed by atoms with E-state index in [1.807, 2.05) is 12.1 Å². The molecule has 1 heterocycles. The van der Waals surface area contributed by atoms with E-state index in [4.69, 9.17) is 16.3 Å². The Labute approximate surface area is 102 Å². The van der Waals surface area contributed by atoms with Crippen molar-refractivity contribution in [2.75, 3.05) is 0 Å². The summed E-state index contributed by atoms with van der Waals surface area (Å²) in [6, 6.07) is 3.90. The third kappa shape index (κ3) is 3.38. The number of hydrogen-bond donors (Lipinski definition) is 0. The van der Waals surface area contributed by atoms with Crippen LogP contribution in [0.3, 0.4) is 0 Å². The number of ether oxygens (including phenoxy) is 1. The summed E-state index contributed by atoms with van der Waals surface area (Å²) in [4.78, 5) is 4.27. The summed E-state index contributed by atoms with van der Waals surface area (Å²) in [6.07, 6.45) is 9.74. The average molecular weight is 240 g/mol. The topological polar surface area (TPSA) is 22.1 Å². The van der Waals surface area contributed by atoms with E-state index >= 15 is 0 Å². The van der Waals surface area contributed by atoms with E-state index in [0.29, 0.717) is 12.0 Å². The highest BCUT2D eigenvalue weighted by atomic mass is 35.5. The molecule has 0 N–H and O–H groups in total. The Hall–Kier alpha value is -0.760. The van der Waals surface area contributed by atoms with Crippen molar-refractivity contribution in [3.8, 4) is 5.88 Å². The first-order valence-electron chi connectivity index (χ1n) is 6.06. The number of hydrogen-bond acceptors (Lipinski definition) is 2. The lowest BCUT2D eigenvalue weighted by molar-refractivity contribution is 0.176. The van der Waals surface area contributed by atoms with Crippen LogP contribution in [0.25, 0.3) is 0 Å². The molecule has 0 atom stereocenters. The maximum atomic E-state index is 5.88. The zero-order valence-electron chi connectivity index (χ0n) is 9.49. The van der Waals surface area contributed by atoms with Crippen LogP contribution >= 0.6 is 11.6 Å². The third-order valence-corrected chi connectivity index (χ3v) is 3.35. The summed E-state index contributed by atoms with van der Waals surface area (Å²) in [5.41, 5.74) is 1.04. The Bertz CT molecular complexity index is 304. The first kappa shape index (κ1) is 11.7. The standard InChI is InChI=1S/C13H18ClNO/c14-9-11-7-8-13(15-10-11)16-12-5-3-1-2-4-6-12/h7-8,10,12H,1-6,9H2. The van der Waals surface area contributed by atoms with E-state index in [9.17, 15) is 0 Å². The monoisotopic (exact) mass is 239 g/mol. The van der Waals surface area contributed by atoms with Crippen LogP contribution in [0.4, 0.5) is 0 Å². The van der Waals surface area contributed by atoms with Crippen molar-refractivity contribution in [3.63, 3.8) is 0 Å². The summed E-state index contributed by atoms with van der Waals surface area (Å²) in [5, 5.41) is 0. The maximum absolute atomic E-state index is 5.88. The maximum Gasteiger partial charge on any atom is 0.213 e. The summed E-state index contributed by atoms with van der Waals surface area (Å²) >= 11 is 5.71. The van der Waals surface area contributed by atoms with Gasteiger partial charge in [0, 0.05) is 18.1 Å². The molecule has 0 saturated heterocycles. The predicted octanol–water partition coefficient (Wildman–Crippen LogP) is 3.92. The molecule has 0 aromatic carbocycles. The molecular formula is C13H18ClNO. The zero-order valence-corrected chi connectivity index (χ0v) is 10.2. The van der Waals surface area contributed by atoms with E-state index in [0.717, 1.165) is 11.4 Å². The van der Waals surface area contributed by atoms with Gasteiger partial charge >= 0.3 is 0 Å². The second-order valence-electron chi connectivity index (χ2n) is 4.37. The van der Waals surface area contributed by atoms with Crippen LogP contribution in [0.5, 0.6) is 5.88 Å². The molecule has 0 bridgehead atoms. The van der Waals surface area contributed by atoms with Gasteiger partial charge in [-0.3, -0.25) is 0 Å². The van der Waals surface area contributed by atoms with Crippen LogP contribution < -0.4 is 4.74 Å². The van der Waals surface area contributed by atoms with Gasteiger partial charge in [0.1, 0.15) is 6.10 Å². The lowest BCUT2D eigenvalue weighted by Gasteiger charge is -2.15. The highest BCUT2D eigenvalue weighted by Gasteiger charge is 2.13. The zero-order chi connectivity index (χ0) is 11.2. The summed E-state index contributed by atoms with van der Waals surface area (Å²) in [7, 11) is 0.